The van der Waals surface area contributed by atoms with Crippen molar-refractivity contribution in [1.82, 2.24) is 10.2 Å². The number of hydrogen-bond acceptors (Lipinski definition) is 3. The molecule has 1 N–H and O–H groups in total. The monoisotopic (exact) mass is 444 g/mol. The Bertz CT molecular complexity index is 819. The molecule has 2 aromatic carbocycles. The second-order valence-corrected chi connectivity index (χ2v) is 7.80. The molecule has 6 heteroatoms. The van der Waals surface area contributed by atoms with Crippen LogP contribution in [0.25, 0.3) is 0 Å². The van der Waals surface area contributed by atoms with E-state index in [0.717, 1.165) is 41.7 Å². The van der Waals surface area contributed by atoms with Crippen LogP contribution in [-0.2, 0) is 11.3 Å². The van der Waals surface area contributed by atoms with Crippen LogP contribution in [0.2, 0.25) is 0 Å². The summed E-state index contributed by atoms with van der Waals surface area (Å²) >= 11 is 3.39. The zero-order valence-electron chi connectivity index (χ0n) is 15.8. The first-order chi connectivity index (χ1) is 13.6. The maximum Gasteiger partial charge on any atom is 0.253 e. The lowest BCUT2D eigenvalue weighted by Gasteiger charge is -2.26. The van der Waals surface area contributed by atoms with Crippen LogP contribution in [0.15, 0.2) is 53.0 Å². The molecule has 3 rings (SSSR count). The minimum atomic E-state index is -0.0808. The van der Waals surface area contributed by atoms with E-state index in [4.69, 9.17) is 4.74 Å². The number of rotatable bonds is 7. The molecule has 0 spiro atoms. The average molecular weight is 445 g/mol. The van der Waals surface area contributed by atoms with Gasteiger partial charge in [-0.2, -0.15) is 0 Å². The molecule has 1 saturated heterocycles. The summed E-state index contributed by atoms with van der Waals surface area (Å²) in [6, 6.07) is 15.0. The van der Waals surface area contributed by atoms with Crippen molar-refractivity contribution in [3.63, 3.8) is 0 Å². The number of hydrogen-bond donors (Lipinski definition) is 1. The van der Waals surface area contributed by atoms with Crippen molar-refractivity contribution in [2.24, 2.45) is 0 Å². The fourth-order valence-electron chi connectivity index (χ4n) is 3.20. The molecule has 1 aliphatic rings. The van der Waals surface area contributed by atoms with Crippen molar-refractivity contribution in [2.75, 3.05) is 19.7 Å². The van der Waals surface area contributed by atoms with Crippen molar-refractivity contribution in [3.8, 4) is 5.75 Å². The van der Waals surface area contributed by atoms with Crippen molar-refractivity contribution < 1.29 is 14.3 Å². The fourth-order valence-corrected chi connectivity index (χ4v) is 3.58. The molecule has 0 saturated carbocycles. The van der Waals surface area contributed by atoms with Crippen LogP contribution < -0.4 is 10.1 Å². The largest absolute Gasteiger partial charge is 0.493 e. The van der Waals surface area contributed by atoms with E-state index in [1.807, 2.05) is 53.4 Å². The molecule has 2 aromatic rings. The van der Waals surface area contributed by atoms with Crippen LogP contribution in [0.4, 0.5) is 0 Å². The number of nitrogens with zero attached hydrogens (tertiary/aromatic N) is 1. The second kappa shape index (κ2) is 10.3. The summed E-state index contributed by atoms with van der Waals surface area (Å²) in [5, 5.41) is 2.89. The molecule has 0 unspecified atom stereocenters. The van der Waals surface area contributed by atoms with Crippen molar-refractivity contribution >= 4 is 27.7 Å². The van der Waals surface area contributed by atoms with Crippen LogP contribution in [-0.4, -0.2) is 36.4 Å². The SMILES string of the molecule is O=C(CCOc1cccc(Br)c1)NCc1cccc(C(=O)N2CCCCC2)c1. The van der Waals surface area contributed by atoms with Crippen LogP contribution in [0.3, 0.4) is 0 Å². The third kappa shape index (κ3) is 6.09. The van der Waals surface area contributed by atoms with E-state index in [9.17, 15) is 9.59 Å². The van der Waals surface area contributed by atoms with E-state index >= 15 is 0 Å². The first kappa shape index (κ1) is 20.4. The molecule has 2 amide bonds. The lowest BCUT2D eigenvalue weighted by atomic mass is 10.1. The summed E-state index contributed by atoms with van der Waals surface area (Å²) in [5.74, 6) is 0.726. The number of likely N-dealkylation sites (tertiary alicyclic amines) is 1. The summed E-state index contributed by atoms with van der Waals surface area (Å²) in [6.45, 7) is 2.38. The quantitative estimate of drug-likeness (QED) is 0.697. The summed E-state index contributed by atoms with van der Waals surface area (Å²) in [7, 11) is 0. The van der Waals surface area contributed by atoms with E-state index in [1.54, 1.807) is 0 Å². The Labute approximate surface area is 174 Å². The number of amides is 2. The first-order valence-electron chi connectivity index (χ1n) is 9.65. The van der Waals surface area contributed by atoms with E-state index in [1.165, 1.54) is 6.42 Å². The molecule has 0 aromatic heterocycles. The number of carbonyl (C=O) groups is 2. The molecule has 28 heavy (non-hydrogen) atoms. The molecule has 0 atom stereocenters. The Morgan fingerprint density at radius 2 is 1.82 bits per heavy atom. The molecule has 1 heterocycles. The summed E-state index contributed by atoms with van der Waals surface area (Å²) in [4.78, 5) is 26.6. The molecule has 5 nitrogen and oxygen atoms in total. The van der Waals surface area contributed by atoms with E-state index in [2.05, 4.69) is 21.2 Å². The molecule has 0 bridgehead atoms. The van der Waals surface area contributed by atoms with Gasteiger partial charge in [0, 0.05) is 29.7 Å². The maximum atomic E-state index is 12.6. The molecule has 1 aliphatic heterocycles. The average Bonchev–Trinajstić information content (AvgIpc) is 2.73. The van der Waals surface area contributed by atoms with Crippen molar-refractivity contribution in [2.45, 2.75) is 32.2 Å². The highest BCUT2D eigenvalue weighted by atomic mass is 79.9. The van der Waals surface area contributed by atoms with Crippen LogP contribution in [0, 0.1) is 0 Å². The summed E-state index contributed by atoms with van der Waals surface area (Å²) < 4.78 is 6.52. The van der Waals surface area contributed by atoms with Gasteiger partial charge in [-0.25, -0.2) is 0 Å². The van der Waals surface area contributed by atoms with Gasteiger partial charge >= 0.3 is 0 Å². The van der Waals surface area contributed by atoms with Gasteiger partial charge in [0.15, 0.2) is 0 Å². The lowest BCUT2D eigenvalue weighted by molar-refractivity contribution is -0.121. The summed E-state index contributed by atoms with van der Waals surface area (Å²) in [6.07, 6.45) is 3.62. The maximum absolute atomic E-state index is 12.6. The molecule has 1 fully saturated rings. The van der Waals surface area contributed by atoms with Gasteiger partial charge in [0.25, 0.3) is 5.91 Å². The number of carbonyl (C=O) groups excluding carboxylic acids is 2. The first-order valence-corrected chi connectivity index (χ1v) is 10.4. The number of nitrogens with one attached hydrogen (secondary N) is 1. The number of benzene rings is 2. The Hall–Kier alpha value is -2.34. The van der Waals surface area contributed by atoms with Crippen LogP contribution in [0.5, 0.6) is 5.75 Å². The van der Waals surface area contributed by atoms with Gasteiger partial charge in [-0.1, -0.05) is 34.1 Å². The zero-order valence-corrected chi connectivity index (χ0v) is 17.4. The number of piperidine rings is 1. The Kier molecular flexibility index (Phi) is 7.48. The van der Waals surface area contributed by atoms with Crippen LogP contribution in [0.1, 0.15) is 41.6 Å². The summed E-state index contributed by atoms with van der Waals surface area (Å²) in [5.41, 5.74) is 1.61. The van der Waals surface area contributed by atoms with E-state index < -0.39 is 0 Å². The predicted molar refractivity (Wildman–Crippen MR) is 112 cm³/mol. The highest BCUT2D eigenvalue weighted by Crippen LogP contribution is 2.18. The smallest absolute Gasteiger partial charge is 0.253 e. The minimum absolute atomic E-state index is 0.0790. The lowest BCUT2D eigenvalue weighted by Crippen LogP contribution is -2.35. The minimum Gasteiger partial charge on any atom is -0.493 e. The van der Waals surface area contributed by atoms with Gasteiger partial charge in [0.1, 0.15) is 5.75 Å². The standard InChI is InChI=1S/C22H25BrN2O3/c23-19-8-5-9-20(15-19)28-13-10-21(26)24-16-17-6-4-7-18(14-17)22(27)25-11-2-1-3-12-25/h4-9,14-15H,1-3,10-13,16H2,(H,24,26). The van der Waals surface area contributed by atoms with Gasteiger partial charge in [0.2, 0.25) is 5.91 Å². The zero-order chi connectivity index (χ0) is 19.8. The third-order valence-corrected chi connectivity index (χ3v) is 5.19. The molecule has 0 aliphatic carbocycles. The highest BCUT2D eigenvalue weighted by molar-refractivity contribution is 9.10. The topological polar surface area (TPSA) is 58.6 Å². The van der Waals surface area contributed by atoms with E-state index in [0.29, 0.717) is 18.7 Å². The highest BCUT2D eigenvalue weighted by Gasteiger charge is 2.18. The van der Waals surface area contributed by atoms with Gasteiger partial charge in [-0.3, -0.25) is 9.59 Å². The molecular formula is C22H25BrN2O3. The molecule has 148 valence electrons. The normalized spacial score (nSPS) is 13.8. The van der Waals surface area contributed by atoms with E-state index in [-0.39, 0.29) is 18.2 Å². The van der Waals surface area contributed by atoms with Gasteiger partial charge in [0.05, 0.1) is 13.0 Å². The number of ether oxygens (including phenoxy) is 1. The van der Waals surface area contributed by atoms with Crippen LogP contribution >= 0.6 is 15.9 Å². The van der Waals surface area contributed by atoms with Gasteiger partial charge in [-0.15, -0.1) is 0 Å². The van der Waals surface area contributed by atoms with Crippen molar-refractivity contribution in [3.05, 3.63) is 64.1 Å². The van der Waals surface area contributed by atoms with Crippen molar-refractivity contribution in [1.29, 1.82) is 0 Å². The molecule has 0 radical (unpaired) electrons. The fraction of sp³-hybridized carbons (Fsp3) is 0.364. The second-order valence-electron chi connectivity index (χ2n) is 6.89. The van der Waals surface area contributed by atoms with Gasteiger partial charge in [-0.05, 0) is 55.2 Å². The third-order valence-electron chi connectivity index (χ3n) is 4.70. The molecular weight excluding hydrogens is 420 g/mol. The number of halogens is 1. The van der Waals surface area contributed by atoms with Gasteiger partial charge < -0.3 is 15.0 Å². The Morgan fingerprint density at radius 1 is 1.04 bits per heavy atom. The Balaban J connectivity index is 1.45. The predicted octanol–water partition coefficient (Wildman–Crippen LogP) is 4.16. The Morgan fingerprint density at radius 3 is 2.61 bits per heavy atom.